The summed E-state index contributed by atoms with van der Waals surface area (Å²) < 4.78 is 5.47. The fourth-order valence-corrected chi connectivity index (χ4v) is 3.25. The minimum absolute atomic E-state index is 0.0290. The zero-order valence-electron chi connectivity index (χ0n) is 12.5. The molecule has 1 atom stereocenters. The van der Waals surface area contributed by atoms with Gasteiger partial charge >= 0.3 is 0 Å². The second kappa shape index (κ2) is 6.37. The quantitative estimate of drug-likeness (QED) is 0.890. The molecule has 0 saturated carbocycles. The first kappa shape index (κ1) is 15.0. The van der Waals surface area contributed by atoms with Crippen molar-refractivity contribution in [2.24, 2.45) is 5.73 Å². The summed E-state index contributed by atoms with van der Waals surface area (Å²) in [4.78, 5) is 5.96. The van der Waals surface area contributed by atoms with Crippen LogP contribution in [0.15, 0.2) is 24.3 Å². The molecular weight excluding hydrogens is 268 g/mol. The number of aromatic nitrogens is 1. The molecule has 3 nitrogen and oxygen atoms in total. The maximum Gasteiger partial charge on any atom is 0.123 e. The van der Waals surface area contributed by atoms with Gasteiger partial charge in [0.25, 0.3) is 0 Å². The smallest absolute Gasteiger partial charge is 0.123 e. The van der Waals surface area contributed by atoms with E-state index >= 15 is 0 Å². The SMILES string of the molecule is CCOc1ccc(-c2nc(C(C)C)c(C(C)N)s2)cc1. The third-order valence-corrected chi connectivity index (χ3v) is 4.37. The Kier molecular flexibility index (Phi) is 4.78. The second-order valence-corrected chi connectivity index (χ2v) is 6.20. The van der Waals surface area contributed by atoms with Crippen molar-refractivity contribution in [2.75, 3.05) is 6.61 Å². The van der Waals surface area contributed by atoms with E-state index in [-0.39, 0.29) is 6.04 Å². The highest BCUT2D eigenvalue weighted by Crippen LogP contribution is 2.35. The molecule has 2 N–H and O–H groups in total. The summed E-state index contributed by atoms with van der Waals surface area (Å²) in [6, 6.07) is 8.11. The number of nitrogens with zero attached hydrogens (tertiary/aromatic N) is 1. The van der Waals surface area contributed by atoms with E-state index in [1.165, 1.54) is 4.88 Å². The molecule has 2 rings (SSSR count). The summed E-state index contributed by atoms with van der Waals surface area (Å²) in [7, 11) is 0. The van der Waals surface area contributed by atoms with Crippen LogP contribution in [0.4, 0.5) is 0 Å². The maximum atomic E-state index is 6.06. The minimum atomic E-state index is 0.0290. The highest BCUT2D eigenvalue weighted by molar-refractivity contribution is 7.15. The van der Waals surface area contributed by atoms with Crippen LogP contribution in [-0.2, 0) is 0 Å². The topological polar surface area (TPSA) is 48.1 Å². The van der Waals surface area contributed by atoms with Crippen molar-refractivity contribution in [2.45, 2.75) is 39.7 Å². The first-order chi connectivity index (χ1) is 9.52. The summed E-state index contributed by atoms with van der Waals surface area (Å²) in [5, 5.41) is 1.03. The summed E-state index contributed by atoms with van der Waals surface area (Å²) in [6.07, 6.45) is 0. The Morgan fingerprint density at radius 2 is 1.85 bits per heavy atom. The van der Waals surface area contributed by atoms with Gasteiger partial charge in [-0.3, -0.25) is 0 Å². The van der Waals surface area contributed by atoms with E-state index in [0.717, 1.165) is 22.0 Å². The number of hydrogen-bond donors (Lipinski definition) is 1. The molecule has 0 spiro atoms. The Labute approximate surface area is 124 Å². The summed E-state index contributed by atoms with van der Waals surface area (Å²) in [5.74, 6) is 1.29. The molecule has 0 aliphatic rings. The molecule has 0 amide bonds. The first-order valence-electron chi connectivity index (χ1n) is 7.02. The normalized spacial score (nSPS) is 12.7. The highest BCUT2D eigenvalue weighted by Gasteiger charge is 2.17. The molecule has 0 bridgehead atoms. The van der Waals surface area contributed by atoms with Crippen LogP contribution in [0, 0.1) is 0 Å². The van der Waals surface area contributed by atoms with Gasteiger partial charge in [0, 0.05) is 16.5 Å². The van der Waals surface area contributed by atoms with Gasteiger partial charge in [-0.2, -0.15) is 0 Å². The van der Waals surface area contributed by atoms with Crippen molar-refractivity contribution in [3.05, 3.63) is 34.8 Å². The van der Waals surface area contributed by atoms with Gasteiger partial charge in [0.15, 0.2) is 0 Å². The van der Waals surface area contributed by atoms with Crippen molar-refractivity contribution < 1.29 is 4.74 Å². The molecular formula is C16H22N2OS. The highest BCUT2D eigenvalue weighted by atomic mass is 32.1. The Morgan fingerprint density at radius 3 is 2.30 bits per heavy atom. The van der Waals surface area contributed by atoms with Gasteiger partial charge in [-0.15, -0.1) is 11.3 Å². The Bertz CT molecular complexity index is 533. The molecule has 108 valence electrons. The van der Waals surface area contributed by atoms with Crippen LogP contribution in [0.25, 0.3) is 10.6 Å². The van der Waals surface area contributed by atoms with Gasteiger partial charge in [-0.25, -0.2) is 4.98 Å². The summed E-state index contributed by atoms with van der Waals surface area (Å²) in [6.45, 7) is 8.99. The Hall–Kier alpha value is -1.39. The lowest BCUT2D eigenvalue weighted by Gasteiger charge is -2.07. The van der Waals surface area contributed by atoms with Crippen LogP contribution in [0.3, 0.4) is 0 Å². The van der Waals surface area contributed by atoms with Crippen LogP contribution < -0.4 is 10.5 Å². The number of ether oxygens (including phenoxy) is 1. The van der Waals surface area contributed by atoms with E-state index in [1.807, 2.05) is 26.0 Å². The van der Waals surface area contributed by atoms with Crippen LogP contribution in [0.1, 0.15) is 50.2 Å². The molecule has 0 saturated heterocycles. The summed E-state index contributed by atoms with van der Waals surface area (Å²) in [5.41, 5.74) is 8.29. The molecule has 20 heavy (non-hydrogen) atoms. The van der Waals surface area contributed by atoms with Crippen LogP contribution in [0.2, 0.25) is 0 Å². The van der Waals surface area contributed by atoms with Gasteiger partial charge in [-0.1, -0.05) is 13.8 Å². The molecule has 2 aromatic rings. The lowest BCUT2D eigenvalue weighted by molar-refractivity contribution is 0.340. The third kappa shape index (κ3) is 3.19. The fourth-order valence-electron chi connectivity index (χ4n) is 2.07. The predicted molar refractivity (Wildman–Crippen MR) is 85.4 cm³/mol. The van der Waals surface area contributed by atoms with Crippen molar-refractivity contribution in [3.8, 4) is 16.3 Å². The molecule has 1 unspecified atom stereocenters. The molecule has 0 radical (unpaired) electrons. The van der Waals surface area contributed by atoms with Crippen molar-refractivity contribution in [3.63, 3.8) is 0 Å². The zero-order chi connectivity index (χ0) is 14.7. The minimum Gasteiger partial charge on any atom is -0.494 e. The largest absolute Gasteiger partial charge is 0.494 e. The molecule has 0 fully saturated rings. The Balaban J connectivity index is 2.35. The van der Waals surface area contributed by atoms with E-state index in [1.54, 1.807) is 11.3 Å². The van der Waals surface area contributed by atoms with Crippen LogP contribution in [-0.4, -0.2) is 11.6 Å². The number of hydrogen-bond acceptors (Lipinski definition) is 4. The zero-order valence-corrected chi connectivity index (χ0v) is 13.3. The monoisotopic (exact) mass is 290 g/mol. The standard InChI is InChI=1S/C16H22N2OS/c1-5-19-13-8-6-12(7-9-13)16-18-14(10(2)3)15(20-16)11(4)17/h6-11H,5,17H2,1-4H3. The molecule has 0 aliphatic heterocycles. The lowest BCUT2D eigenvalue weighted by atomic mass is 10.1. The molecule has 1 heterocycles. The van der Waals surface area contributed by atoms with Gasteiger partial charge in [0.1, 0.15) is 10.8 Å². The predicted octanol–water partition coefficient (Wildman–Crippen LogP) is 4.35. The molecule has 1 aromatic carbocycles. The van der Waals surface area contributed by atoms with Crippen LogP contribution >= 0.6 is 11.3 Å². The number of thiazole rings is 1. The third-order valence-electron chi connectivity index (χ3n) is 3.05. The first-order valence-corrected chi connectivity index (χ1v) is 7.84. The average molecular weight is 290 g/mol. The van der Waals surface area contributed by atoms with E-state index in [2.05, 4.69) is 26.0 Å². The number of benzene rings is 1. The lowest BCUT2D eigenvalue weighted by Crippen LogP contribution is -2.06. The van der Waals surface area contributed by atoms with Gasteiger partial charge in [0.05, 0.1) is 12.3 Å². The molecule has 1 aromatic heterocycles. The number of rotatable bonds is 5. The van der Waals surface area contributed by atoms with E-state index in [4.69, 9.17) is 15.5 Å². The maximum absolute atomic E-state index is 6.06. The van der Waals surface area contributed by atoms with Gasteiger partial charge < -0.3 is 10.5 Å². The molecule has 0 aliphatic carbocycles. The van der Waals surface area contributed by atoms with Crippen LogP contribution in [0.5, 0.6) is 5.75 Å². The Morgan fingerprint density at radius 1 is 1.20 bits per heavy atom. The second-order valence-electron chi connectivity index (χ2n) is 5.17. The number of nitrogens with two attached hydrogens (primary N) is 1. The van der Waals surface area contributed by atoms with Gasteiger partial charge in [0.2, 0.25) is 0 Å². The van der Waals surface area contributed by atoms with Gasteiger partial charge in [-0.05, 0) is 44.0 Å². The molecule has 4 heteroatoms. The summed E-state index contributed by atoms with van der Waals surface area (Å²) >= 11 is 1.69. The van der Waals surface area contributed by atoms with Crippen molar-refractivity contribution in [1.29, 1.82) is 0 Å². The van der Waals surface area contributed by atoms with Crippen molar-refractivity contribution in [1.82, 2.24) is 4.98 Å². The fraction of sp³-hybridized carbons (Fsp3) is 0.438. The van der Waals surface area contributed by atoms with E-state index < -0.39 is 0 Å². The van der Waals surface area contributed by atoms with E-state index in [9.17, 15) is 0 Å². The van der Waals surface area contributed by atoms with Crippen molar-refractivity contribution >= 4 is 11.3 Å². The van der Waals surface area contributed by atoms with E-state index in [0.29, 0.717) is 12.5 Å². The average Bonchev–Trinajstić information content (AvgIpc) is 2.85.